The molecule has 3 rings (SSSR count). The molecule has 6 heteroatoms. The van der Waals surface area contributed by atoms with Crippen molar-refractivity contribution in [1.29, 1.82) is 0 Å². The lowest BCUT2D eigenvalue weighted by molar-refractivity contribution is 0.0495. The van der Waals surface area contributed by atoms with Crippen molar-refractivity contribution in [1.82, 2.24) is 0 Å². The molecule has 0 spiro atoms. The third-order valence-corrected chi connectivity index (χ3v) is 6.97. The first-order valence-electron chi connectivity index (χ1n) is 12.2. The Balaban J connectivity index is 1.70. The minimum absolute atomic E-state index is 0.0297. The number of carbonyl (C=O) groups is 1. The number of carbonyl (C=O) groups excluding carboxylic acids is 1. The van der Waals surface area contributed by atoms with Crippen LogP contribution in [0.4, 0.5) is 0 Å². The highest BCUT2D eigenvalue weighted by molar-refractivity contribution is 5.92. The highest BCUT2D eigenvalue weighted by atomic mass is 16.5. The lowest BCUT2D eigenvalue weighted by Gasteiger charge is -2.42. The third-order valence-electron chi connectivity index (χ3n) is 6.97. The Hall–Kier alpha value is -2.89. The number of esters is 1. The number of hydrogen-bond acceptors (Lipinski definition) is 6. The van der Waals surface area contributed by atoms with E-state index in [1.54, 1.807) is 6.07 Å². The summed E-state index contributed by atoms with van der Waals surface area (Å²) >= 11 is 0. The van der Waals surface area contributed by atoms with Crippen molar-refractivity contribution in [2.75, 3.05) is 13.2 Å². The van der Waals surface area contributed by atoms with Gasteiger partial charge >= 0.3 is 5.97 Å². The molecular formula is C28H37NO5. The molecule has 6 nitrogen and oxygen atoms in total. The molecule has 0 saturated carbocycles. The highest BCUT2D eigenvalue weighted by Crippen LogP contribution is 2.46. The SMILES string of the molecule is CCCCCOC(=O)c1ccc(OCC(N=O)c2ccc3c(c2)C(C)(C)CCC3(C)C)cc1O. The van der Waals surface area contributed by atoms with E-state index in [9.17, 15) is 14.8 Å². The zero-order valence-electron chi connectivity index (χ0n) is 21.0. The molecule has 0 bridgehead atoms. The lowest BCUT2D eigenvalue weighted by Crippen LogP contribution is -2.34. The summed E-state index contributed by atoms with van der Waals surface area (Å²) in [5.41, 5.74) is 3.61. The van der Waals surface area contributed by atoms with Gasteiger partial charge in [-0.2, -0.15) is 4.91 Å². The number of nitroso groups, excluding NO2 is 1. The molecule has 0 radical (unpaired) electrons. The number of nitrogens with zero attached hydrogens (tertiary/aromatic N) is 1. The van der Waals surface area contributed by atoms with Gasteiger partial charge in [-0.25, -0.2) is 4.79 Å². The van der Waals surface area contributed by atoms with E-state index >= 15 is 0 Å². The van der Waals surface area contributed by atoms with Crippen LogP contribution in [-0.2, 0) is 15.6 Å². The smallest absolute Gasteiger partial charge is 0.341 e. The van der Waals surface area contributed by atoms with Crippen molar-refractivity contribution in [3.8, 4) is 11.5 Å². The summed E-state index contributed by atoms with van der Waals surface area (Å²) in [7, 11) is 0. The number of phenolic OH excluding ortho intramolecular Hbond substituents is 1. The summed E-state index contributed by atoms with van der Waals surface area (Å²) in [6.45, 7) is 11.4. The monoisotopic (exact) mass is 467 g/mol. The second-order valence-electron chi connectivity index (χ2n) is 10.5. The minimum Gasteiger partial charge on any atom is -0.507 e. The van der Waals surface area contributed by atoms with E-state index in [-0.39, 0.29) is 28.7 Å². The zero-order valence-corrected chi connectivity index (χ0v) is 21.0. The van der Waals surface area contributed by atoms with E-state index in [1.807, 2.05) is 6.07 Å². The van der Waals surface area contributed by atoms with Gasteiger partial charge in [-0.05, 0) is 58.9 Å². The number of aromatic hydroxyl groups is 1. The van der Waals surface area contributed by atoms with Gasteiger partial charge in [-0.15, -0.1) is 0 Å². The van der Waals surface area contributed by atoms with Crippen molar-refractivity contribution in [2.45, 2.75) is 83.6 Å². The molecule has 1 atom stereocenters. The molecular weight excluding hydrogens is 430 g/mol. The number of ether oxygens (including phenoxy) is 2. The Morgan fingerprint density at radius 1 is 1.03 bits per heavy atom. The minimum atomic E-state index is -0.684. The average Bonchev–Trinajstić information content (AvgIpc) is 2.80. The number of fused-ring (bicyclic) bond motifs is 1. The van der Waals surface area contributed by atoms with Crippen LogP contribution < -0.4 is 4.74 Å². The molecule has 0 saturated heterocycles. The van der Waals surface area contributed by atoms with Crippen LogP contribution in [0.5, 0.6) is 11.5 Å². The van der Waals surface area contributed by atoms with Gasteiger partial charge in [0.2, 0.25) is 0 Å². The van der Waals surface area contributed by atoms with E-state index in [2.05, 4.69) is 51.9 Å². The number of hydrogen-bond donors (Lipinski definition) is 1. The summed E-state index contributed by atoms with van der Waals surface area (Å²) < 4.78 is 11.0. The van der Waals surface area contributed by atoms with Crippen LogP contribution in [0.25, 0.3) is 0 Å². The lowest BCUT2D eigenvalue weighted by atomic mass is 9.63. The van der Waals surface area contributed by atoms with Gasteiger partial charge < -0.3 is 14.6 Å². The van der Waals surface area contributed by atoms with Crippen LogP contribution >= 0.6 is 0 Å². The molecule has 0 aliphatic heterocycles. The van der Waals surface area contributed by atoms with E-state index in [4.69, 9.17) is 9.47 Å². The largest absolute Gasteiger partial charge is 0.507 e. The number of unbranched alkanes of at least 4 members (excludes halogenated alkanes) is 2. The molecule has 0 fully saturated rings. The van der Waals surface area contributed by atoms with E-state index < -0.39 is 12.0 Å². The maximum absolute atomic E-state index is 12.2. The molecule has 1 unspecified atom stereocenters. The summed E-state index contributed by atoms with van der Waals surface area (Å²) in [6.07, 6.45) is 5.02. The first kappa shape index (κ1) is 25.7. The second-order valence-corrected chi connectivity index (χ2v) is 10.5. The molecule has 2 aromatic carbocycles. The molecule has 1 aliphatic rings. The molecule has 34 heavy (non-hydrogen) atoms. The van der Waals surface area contributed by atoms with Crippen LogP contribution in [0, 0.1) is 4.91 Å². The Labute approximate surface area is 202 Å². The molecule has 0 aromatic heterocycles. The van der Waals surface area contributed by atoms with Crippen LogP contribution in [0.1, 0.15) is 99.8 Å². The van der Waals surface area contributed by atoms with Crippen LogP contribution in [0.15, 0.2) is 41.6 Å². The topological polar surface area (TPSA) is 85.2 Å². The molecule has 0 amide bonds. The quantitative estimate of drug-likeness (QED) is 0.232. The first-order valence-corrected chi connectivity index (χ1v) is 12.2. The van der Waals surface area contributed by atoms with E-state index in [1.165, 1.54) is 23.3 Å². The molecule has 0 heterocycles. The van der Waals surface area contributed by atoms with Crippen LogP contribution in [0.3, 0.4) is 0 Å². The third kappa shape index (κ3) is 5.78. The van der Waals surface area contributed by atoms with Gasteiger partial charge in [0.1, 0.15) is 23.7 Å². The predicted octanol–water partition coefficient (Wildman–Crippen LogP) is 6.97. The fourth-order valence-corrected chi connectivity index (χ4v) is 4.54. The second kappa shape index (κ2) is 10.6. The summed E-state index contributed by atoms with van der Waals surface area (Å²) in [6, 6.07) is 9.92. The Kier molecular flexibility index (Phi) is 8.01. The maximum atomic E-state index is 12.2. The van der Waals surface area contributed by atoms with Crippen molar-refractivity contribution in [2.24, 2.45) is 5.18 Å². The van der Waals surface area contributed by atoms with Gasteiger partial charge in [0, 0.05) is 6.07 Å². The van der Waals surface area contributed by atoms with Gasteiger partial charge in [0.05, 0.1) is 6.61 Å². The van der Waals surface area contributed by atoms with Crippen molar-refractivity contribution in [3.05, 3.63) is 63.6 Å². The van der Waals surface area contributed by atoms with E-state index in [0.29, 0.717) is 12.4 Å². The summed E-state index contributed by atoms with van der Waals surface area (Å²) in [4.78, 5) is 23.9. The van der Waals surface area contributed by atoms with Crippen molar-refractivity contribution in [3.63, 3.8) is 0 Å². The average molecular weight is 468 g/mol. The summed E-state index contributed by atoms with van der Waals surface area (Å²) in [5, 5.41) is 13.6. The van der Waals surface area contributed by atoms with E-state index in [0.717, 1.165) is 37.7 Å². The number of phenols is 1. The number of rotatable bonds is 10. The molecule has 1 aliphatic carbocycles. The van der Waals surface area contributed by atoms with Crippen molar-refractivity contribution >= 4 is 5.97 Å². The Bertz CT molecular complexity index is 1030. The maximum Gasteiger partial charge on any atom is 0.341 e. The molecule has 2 aromatic rings. The van der Waals surface area contributed by atoms with Gasteiger partial charge in [-0.3, -0.25) is 0 Å². The Morgan fingerprint density at radius 3 is 2.38 bits per heavy atom. The number of benzene rings is 2. The van der Waals surface area contributed by atoms with Gasteiger partial charge in [-0.1, -0.05) is 70.8 Å². The molecule has 1 N–H and O–H groups in total. The fraction of sp³-hybridized carbons (Fsp3) is 0.536. The first-order chi connectivity index (χ1) is 16.1. The predicted molar refractivity (Wildman–Crippen MR) is 134 cm³/mol. The Morgan fingerprint density at radius 2 is 1.74 bits per heavy atom. The van der Waals surface area contributed by atoms with Gasteiger partial charge in [0.15, 0.2) is 6.04 Å². The summed E-state index contributed by atoms with van der Waals surface area (Å²) in [5.74, 6) is -0.424. The van der Waals surface area contributed by atoms with Crippen molar-refractivity contribution < 1.29 is 19.4 Å². The normalized spacial score (nSPS) is 16.9. The highest BCUT2D eigenvalue weighted by Gasteiger charge is 2.37. The van der Waals surface area contributed by atoms with Crippen LogP contribution in [0.2, 0.25) is 0 Å². The standard InChI is InChI=1S/C28H37NO5/c1-6-7-8-15-33-26(31)21-11-10-20(17-25(21)30)34-18-24(29-32)19-9-12-22-23(16-19)28(4,5)14-13-27(22,2)3/h9-12,16-17,24,30H,6-8,13-15,18H2,1-5H3. The fourth-order valence-electron chi connectivity index (χ4n) is 4.54. The van der Waals surface area contributed by atoms with Crippen LogP contribution in [-0.4, -0.2) is 24.3 Å². The van der Waals surface area contributed by atoms with Gasteiger partial charge in [0.25, 0.3) is 0 Å². The zero-order chi connectivity index (χ0) is 24.9. The molecule has 184 valence electrons.